The van der Waals surface area contributed by atoms with Crippen molar-refractivity contribution in [3.05, 3.63) is 30.0 Å². The van der Waals surface area contributed by atoms with Crippen LogP contribution in [-0.4, -0.2) is 43.2 Å². The summed E-state index contributed by atoms with van der Waals surface area (Å²) in [6.07, 6.45) is 4.67. The molecule has 1 atom stereocenters. The van der Waals surface area contributed by atoms with Crippen molar-refractivity contribution in [3.63, 3.8) is 0 Å². The number of aromatic amines is 1. The number of nitrogens with zero attached hydrogens (tertiary/aromatic N) is 1. The average Bonchev–Trinajstić information content (AvgIpc) is 2.99. The maximum atomic E-state index is 5.43. The fourth-order valence-corrected chi connectivity index (χ4v) is 3.54. The van der Waals surface area contributed by atoms with Gasteiger partial charge >= 0.3 is 0 Å². The van der Waals surface area contributed by atoms with Crippen molar-refractivity contribution in [3.8, 4) is 5.75 Å². The summed E-state index contributed by atoms with van der Waals surface area (Å²) in [5.74, 6) is 1.67. The van der Waals surface area contributed by atoms with Gasteiger partial charge in [-0.1, -0.05) is 13.8 Å². The topological polar surface area (TPSA) is 40.3 Å². The number of piperazine rings is 1. The minimum atomic E-state index is 0. The first kappa shape index (κ1) is 22.1. The number of benzene rings is 1. The van der Waals surface area contributed by atoms with E-state index in [0.717, 1.165) is 37.8 Å². The van der Waals surface area contributed by atoms with E-state index in [-0.39, 0.29) is 24.8 Å². The number of H-pyrrole nitrogens is 1. The molecule has 1 saturated heterocycles. The van der Waals surface area contributed by atoms with Gasteiger partial charge in [-0.15, -0.1) is 24.8 Å². The molecule has 1 fully saturated rings. The number of ether oxygens (including phenoxy) is 1. The second-order valence-electron chi connectivity index (χ2n) is 6.93. The molecule has 0 bridgehead atoms. The zero-order valence-electron chi connectivity index (χ0n) is 15.4. The molecule has 25 heavy (non-hydrogen) atoms. The number of methoxy groups -OCH3 is 1. The molecule has 1 aliphatic rings. The number of nitrogens with one attached hydrogen (secondary N) is 2. The molecule has 0 radical (unpaired) electrons. The zero-order valence-corrected chi connectivity index (χ0v) is 17.0. The van der Waals surface area contributed by atoms with E-state index in [1.54, 1.807) is 7.11 Å². The standard InChI is InChI=1S/C19H29N3O.2ClH/c1-14(2)4-7-19(22-10-8-20-9-11-22)17-13-21-18-6-5-15(23-3)12-16(17)18;;/h5-6,12-14,19-21H,4,7-11H2,1-3H3;2*1H/t19-;;/m1../s1. The molecule has 1 aromatic heterocycles. The van der Waals surface area contributed by atoms with Gasteiger partial charge in [0.1, 0.15) is 5.75 Å². The van der Waals surface area contributed by atoms with E-state index in [0.29, 0.717) is 6.04 Å². The summed E-state index contributed by atoms with van der Waals surface area (Å²) >= 11 is 0. The van der Waals surface area contributed by atoms with Crippen molar-refractivity contribution >= 4 is 35.7 Å². The maximum Gasteiger partial charge on any atom is 0.119 e. The van der Waals surface area contributed by atoms with E-state index in [4.69, 9.17) is 4.74 Å². The Morgan fingerprint density at radius 1 is 1.12 bits per heavy atom. The van der Waals surface area contributed by atoms with Crippen LogP contribution in [0.15, 0.2) is 24.4 Å². The van der Waals surface area contributed by atoms with E-state index in [1.807, 2.05) is 6.07 Å². The van der Waals surface area contributed by atoms with Crippen molar-refractivity contribution in [2.75, 3.05) is 33.3 Å². The van der Waals surface area contributed by atoms with Crippen LogP contribution in [-0.2, 0) is 0 Å². The van der Waals surface area contributed by atoms with Crippen LogP contribution in [0.25, 0.3) is 10.9 Å². The number of hydrogen-bond acceptors (Lipinski definition) is 3. The van der Waals surface area contributed by atoms with Crippen molar-refractivity contribution in [1.82, 2.24) is 15.2 Å². The molecule has 2 aromatic rings. The molecule has 1 aliphatic heterocycles. The van der Waals surface area contributed by atoms with Crippen LogP contribution in [0.4, 0.5) is 0 Å². The molecule has 2 heterocycles. The molecule has 0 spiro atoms. The Bertz CT molecular complexity index is 639. The predicted molar refractivity (Wildman–Crippen MR) is 111 cm³/mol. The van der Waals surface area contributed by atoms with Crippen molar-refractivity contribution < 1.29 is 4.74 Å². The van der Waals surface area contributed by atoms with Crippen molar-refractivity contribution in [1.29, 1.82) is 0 Å². The highest BCUT2D eigenvalue weighted by Gasteiger charge is 2.24. The van der Waals surface area contributed by atoms with Gasteiger partial charge in [0.2, 0.25) is 0 Å². The van der Waals surface area contributed by atoms with Gasteiger partial charge in [-0.2, -0.15) is 0 Å². The molecule has 2 N–H and O–H groups in total. The van der Waals surface area contributed by atoms with E-state index in [2.05, 4.69) is 47.4 Å². The van der Waals surface area contributed by atoms with Gasteiger partial charge in [0.15, 0.2) is 0 Å². The summed E-state index contributed by atoms with van der Waals surface area (Å²) in [5.41, 5.74) is 2.62. The van der Waals surface area contributed by atoms with Crippen LogP contribution in [0, 0.1) is 5.92 Å². The first-order chi connectivity index (χ1) is 11.2. The Morgan fingerprint density at radius 3 is 2.48 bits per heavy atom. The Balaban J connectivity index is 0.00000156. The van der Waals surface area contributed by atoms with E-state index in [9.17, 15) is 0 Å². The minimum absolute atomic E-state index is 0. The smallest absolute Gasteiger partial charge is 0.119 e. The Kier molecular flexibility index (Phi) is 9.08. The first-order valence-electron chi connectivity index (χ1n) is 8.79. The third-order valence-electron chi connectivity index (χ3n) is 4.89. The molecular weight excluding hydrogens is 357 g/mol. The lowest BCUT2D eigenvalue weighted by atomic mass is 9.95. The lowest BCUT2D eigenvalue weighted by molar-refractivity contribution is 0.161. The third-order valence-corrected chi connectivity index (χ3v) is 4.89. The van der Waals surface area contributed by atoms with Crippen LogP contribution in [0.3, 0.4) is 0 Å². The SMILES string of the molecule is COc1ccc2[nH]cc([C@@H](CCC(C)C)N3CCNCC3)c2c1.Cl.Cl. The lowest BCUT2D eigenvalue weighted by Gasteiger charge is -2.35. The van der Waals surface area contributed by atoms with E-state index < -0.39 is 0 Å². The van der Waals surface area contributed by atoms with Crippen LogP contribution in [0.5, 0.6) is 5.75 Å². The molecule has 0 amide bonds. The quantitative estimate of drug-likeness (QED) is 0.771. The number of rotatable bonds is 6. The summed E-state index contributed by atoms with van der Waals surface area (Å²) in [6.45, 7) is 9.05. The summed E-state index contributed by atoms with van der Waals surface area (Å²) in [6, 6.07) is 6.80. The zero-order chi connectivity index (χ0) is 16.2. The highest BCUT2D eigenvalue weighted by Crippen LogP contribution is 2.34. The van der Waals surface area contributed by atoms with Gasteiger partial charge in [-0.3, -0.25) is 4.90 Å². The van der Waals surface area contributed by atoms with E-state index >= 15 is 0 Å². The fraction of sp³-hybridized carbons (Fsp3) is 0.579. The van der Waals surface area contributed by atoms with Gasteiger partial charge in [0.05, 0.1) is 7.11 Å². The molecule has 0 saturated carbocycles. The summed E-state index contributed by atoms with van der Waals surface area (Å²) < 4.78 is 5.43. The normalized spacial score (nSPS) is 16.3. The molecule has 142 valence electrons. The van der Waals surface area contributed by atoms with Gasteiger partial charge in [0.25, 0.3) is 0 Å². The molecule has 4 nitrogen and oxygen atoms in total. The number of halogens is 2. The average molecular weight is 388 g/mol. The maximum absolute atomic E-state index is 5.43. The Hall–Kier alpha value is -0.940. The van der Waals surface area contributed by atoms with Crippen molar-refractivity contribution in [2.45, 2.75) is 32.7 Å². The van der Waals surface area contributed by atoms with Gasteiger partial charge < -0.3 is 15.0 Å². The molecule has 1 aromatic carbocycles. The van der Waals surface area contributed by atoms with Crippen LogP contribution >= 0.6 is 24.8 Å². The highest BCUT2D eigenvalue weighted by atomic mass is 35.5. The molecular formula is C19H31Cl2N3O. The minimum Gasteiger partial charge on any atom is -0.497 e. The van der Waals surface area contributed by atoms with Gasteiger partial charge in [-0.25, -0.2) is 0 Å². The first-order valence-corrected chi connectivity index (χ1v) is 8.79. The predicted octanol–water partition coefficient (Wildman–Crippen LogP) is 4.40. The Labute approximate surface area is 163 Å². The summed E-state index contributed by atoms with van der Waals surface area (Å²) in [4.78, 5) is 6.09. The number of hydrogen-bond donors (Lipinski definition) is 2. The largest absolute Gasteiger partial charge is 0.497 e. The lowest BCUT2D eigenvalue weighted by Crippen LogP contribution is -2.45. The van der Waals surface area contributed by atoms with Crippen molar-refractivity contribution in [2.24, 2.45) is 5.92 Å². The highest BCUT2D eigenvalue weighted by molar-refractivity contribution is 5.86. The molecule has 0 aliphatic carbocycles. The Morgan fingerprint density at radius 2 is 1.84 bits per heavy atom. The number of fused-ring (bicyclic) bond motifs is 1. The van der Waals surface area contributed by atoms with Gasteiger partial charge in [-0.05, 0) is 42.5 Å². The second kappa shape index (κ2) is 10.3. The van der Waals surface area contributed by atoms with E-state index in [1.165, 1.54) is 29.3 Å². The third kappa shape index (κ3) is 5.27. The number of aromatic nitrogens is 1. The second-order valence-corrected chi connectivity index (χ2v) is 6.93. The molecule has 6 heteroatoms. The van der Waals surface area contributed by atoms with Crippen LogP contribution in [0.2, 0.25) is 0 Å². The monoisotopic (exact) mass is 387 g/mol. The summed E-state index contributed by atoms with van der Waals surface area (Å²) in [7, 11) is 1.74. The summed E-state index contributed by atoms with van der Waals surface area (Å²) in [5, 5.41) is 4.77. The fourth-order valence-electron chi connectivity index (χ4n) is 3.54. The molecule has 0 unspecified atom stereocenters. The van der Waals surface area contributed by atoms with Gasteiger partial charge in [0, 0.05) is 49.3 Å². The van der Waals surface area contributed by atoms with Crippen LogP contribution in [0.1, 0.15) is 38.3 Å². The van der Waals surface area contributed by atoms with Crippen LogP contribution < -0.4 is 10.1 Å². The molecule has 3 rings (SSSR count).